The van der Waals surface area contributed by atoms with Gasteiger partial charge in [-0.05, 0) is 11.1 Å². The summed E-state index contributed by atoms with van der Waals surface area (Å²) in [7, 11) is 0. The van der Waals surface area contributed by atoms with E-state index in [4.69, 9.17) is 5.11 Å². The first-order chi connectivity index (χ1) is 5.72. The predicted molar refractivity (Wildman–Crippen MR) is 42.1 cm³/mol. The summed E-state index contributed by atoms with van der Waals surface area (Å²) in [6, 6.07) is 6.52. The van der Waals surface area contributed by atoms with Crippen LogP contribution in [0.4, 0.5) is 8.78 Å². The van der Waals surface area contributed by atoms with E-state index in [2.05, 4.69) is 0 Å². The third kappa shape index (κ3) is 2.58. The molecule has 66 valence electrons. The molecule has 0 amide bonds. The number of hydrogen-bond acceptors (Lipinski definition) is 1. The fourth-order valence-corrected chi connectivity index (χ4v) is 0.959. The molecule has 0 atom stereocenters. The van der Waals surface area contributed by atoms with Crippen molar-refractivity contribution >= 4 is 0 Å². The average molecular weight is 172 g/mol. The number of aliphatic hydroxyl groups excluding tert-OH is 1. The van der Waals surface area contributed by atoms with Crippen LogP contribution in [0.2, 0.25) is 0 Å². The Balaban J connectivity index is 2.65. The standard InChI is InChI=1S/C9H10F2O/c10-9(11)5-7-1-3-8(6-12)4-2-7/h1-4,9,12H,5-6H2. The van der Waals surface area contributed by atoms with Gasteiger partial charge in [0.2, 0.25) is 6.43 Å². The minimum atomic E-state index is -2.30. The third-order valence-electron chi connectivity index (χ3n) is 1.60. The van der Waals surface area contributed by atoms with Crippen molar-refractivity contribution in [2.75, 3.05) is 0 Å². The lowest BCUT2D eigenvalue weighted by Crippen LogP contribution is -1.96. The number of benzene rings is 1. The average Bonchev–Trinajstić information content (AvgIpc) is 2.05. The minimum absolute atomic E-state index is 0.0467. The maximum atomic E-state index is 11.9. The molecule has 12 heavy (non-hydrogen) atoms. The van der Waals surface area contributed by atoms with Crippen molar-refractivity contribution in [1.29, 1.82) is 0 Å². The lowest BCUT2D eigenvalue weighted by atomic mass is 10.1. The topological polar surface area (TPSA) is 20.2 Å². The van der Waals surface area contributed by atoms with E-state index in [0.29, 0.717) is 5.56 Å². The second-order valence-corrected chi connectivity index (χ2v) is 2.57. The lowest BCUT2D eigenvalue weighted by Gasteiger charge is -2.00. The lowest BCUT2D eigenvalue weighted by molar-refractivity contribution is 0.149. The fourth-order valence-electron chi connectivity index (χ4n) is 0.959. The van der Waals surface area contributed by atoms with Crippen molar-refractivity contribution in [3.05, 3.63) is 35.4 Å². The fraction of sp³-hybridized carbons (Fsp3) is 0.333. The molecule has 1 aromatic rings. The Bertz CT molecular complexity index is 231. The van der Waals surface area contributed by atoms with Gasteiger partial charge in [-0.3, -0.25) is 0 Å². The molecule has 0 spiro atoms. The first kappa shape index (κ1) is 9.13. The molecule has 0 aromatic heterocycles. The predicted octanol–water partition coefficient (Wildman–Crippen LogP) is 1.99. The van der Waals surface area contributed by atoms with Crippen LogP contribution in [0.1, 0.15) is 11.1 Å². The molecule has 0 bridgehead atoms. The van der Waals surface area contributed by atoms with Gasteiger partial charge in [-0.15, -0.1) is 0 Å². The number of alkyl halides is 2. The zero-order valence-corrected chi connectivity index (χ0v) is 6.50. The largest absolute Gasteiger partial charge is 0.392 e. The normalized spacial score (nSPS) is 10.7. The highest BCUT2D eigenvalue weighted by atomic mass is 19.3. The van der Waals surface area contributed by atoms with Crippen molar-refractivity contribution in [3.63, 3.8) is 0 Å². The second kappa shape index (κ2) is 4.16. The minimum Gasteiger partial charge on any atom is -0.392 e. The number of aliphatic hydroxyl groups is 1. The van der Waals surface area contributed by atoms with E-state index in [-0.39, 0.29) is 13.0 Å². The zero-order chi connectivity index (χ0) is 8.97. The molecular formula is C9H10F2O. The van der Waals surface area contributed by atoms with E-state index in [9.17, 15) is 8.78 Å². The number of hydrogen-bond donors (Lipinski definition) is 1. The quantitative estimate of drug-likeness (QED) is 0.739. The summed E-state index contributed by atoms with van der Waals surface area (Å²) in [5, 5.41) is 8.66. The van der Waals surface area contributed by atoms with E-state index in [1.165, 1.54) is 0 Å². The van der Waals surface area contributed by atoms with Gasteiger partial charge in [0.05, 0.1) is 6.61 Å². The van der Waals surface area contributed by atoms with Crippen molar-refractivity contribution < 1.29 is 13.9 Å². The van der Waals surface area contributed by atoms with E-state index < -0.39 is 6.43 Å². The van der Waals surface area contributed by atoms with Crippen LogP contribution in [0.25, 0.3) is 0 Å². The van der Waals surface area contributed by atoms with E-state index >= 15 is 0 Å². The molecule has 0 aliphatic carbocycles. The molecule has 1 rings (SSSR count). The van der Waals surface area contributed by atoms with Gasteiger partial charge < -0.3 is 5.11 Å². The van der Waals surface area contributed by atoms with E-state index in [1.807, 2.05) is 0 Å². The highest BCUT2D eigenvalue weighted by Crippen LogP contribution is 2.08. The summed E-state index contributed by atoms with van der Waals surface area (Å²) in [6.45, 7) is -0.0467. The molecule has 0 heterocycles. The maximum Gasteiger partial charge on any atom is 0.242 e. The number of rotatable bonds is 3. The first-order valence-corrected chi connectivity index (χ1v) is 3.69. The molecule has 0 radical (unpaired) electrons. The second-order valence-electron chi connectivity index (χ2n) is 2.57. The molecule has 0 aliphatic heterocycles. The summed E-state index contributed by atoms with van der Waals surface area (Å²) in [6.07, 6.45) is -2.52. The Morgan fingerprint density at radius 3 is 2.00 bits per heavy atom. The van der Waals surface area contributed by atoms with Crippen LogP contribution in [0.5, 0.6) is 0 Å². The molecule has 0 saturated heterocycles. The van der Waals surface area contributed by atoms with Gasteiger partial charge in [0, 0.05) is 6.42 Å². The van der Waals surface area contributed by atoms with Crippen molar-refractivity contribution in [2.45, 2.75) is 19.5 Å². The Kier molecular flexibility index (Phi) is 3.17. The van der Waals surface area contributed by atoms with Gasteiger partial charge in [-0.25, -0.2) is 8.78 Å². The van der Waals surface area contributed by atoms with Crippen molar-refractivity contribution in [1.82, 2.24) is 0 Å². The monoisotopic (exact) mass is 172 g/mol. The SMILES string of the molecule is OCc1ccc(CC(F)F)cc1. The third-order valence-corrected chi connectivity index (χ3v) is 1.60. The molecule has 0 aliphatic rings. The van der Waals surface area contributed by atoms with Gasteiger partial charge in [0.1, 0.15) is 0 Å². The Labute approximate surface area is 69.7 Å². The van der Waals surface area contributed by atoms with Crippen LogP contribution in [0, 0.1) is 0 Å². The summed E-state index contributed by atoms with van der Waals surface area (Å²) in [5.74, 6) is 0. The highest BCUT2D eigenvalue weighted by Gasteiger charge is 2.03. The van der Waals surface area contributed by atoms with Gasteiger partial charge in [0.15, 0.2) is 0 Å². The number of halogens is 2. The first-order valence-electron chi connectivity index (χ1n) is 3.69. The van der Waals surface area contributed by atoms with Crippen molar-refractivity contribution in [3.8, 4) is 0 Å². The summed E-state index contributed by atoms with van der Waals surface area (Å²) < 4.78 is 23.7. The van der Waals surface area contributed by atoms with Crippen LogP contribution in [0.15, 0.2) is 24.3 Å². The van der Waals surface area contributed by atoms with Crippen molar-refractivity contribution in [2.24, 2.45) is 0 Å². The molecule has 0 fully saturated rings. The van der Waals surface area contributed by atoms with Gasteiger partial charge in [-0.2, -0.15) is 0 Å². The van der Waals surface area contributed by atoms with Gasteiger partial charge in [0.25, 0.3) is 0 Å². The van der Waals surface area contributed by atoms with Crippen LogP contribution in [0.3, 0.4) is 0 Å². The Hall–Kier alpha value is -0.960. The molecule has 0 unspecified atom stereocenters. The van der Waals surface area contributed by atoms with Crippen LogP contribution in [-0.4, -0.2) is 11.5 Å². The highest BCUT2D eigenvalue weighted by molar-refractivity contribution is 5.22. The zero-order valence-electron chi connectivity index (χ0n) is 6.50. The summed E-state index contributed by atoms with van der Waals surface area (Å²) in [5.41, 5.74) is 1.34. The van der Waals surface area contributed by atoms with Gasteiger partial charge >= 0.3 is 0 Å². The Morgan fingerprint density at radius 1 is 1.08 bits per heavy atom. The maximum absolute atomic E-state index is 11.9. The van der Waals surface area contributed by atoms with E-state index in [1.54, 1.807) is 24.3 Å². The smallest absolute Gasteiger partial charge is 0.242 e. The molecule has 1 nitrogen and oxygen atoms in total. The summed E-state index contributed by atoms with van der Waals surface area (Å²) in [4.78, 5) is 0. The van der Waals surface area contributed by atoms with Crippen LogP contribution in [-0.2, 0) is 13.0 Å². The van der Waals surface area contributed by atoms with E-state index in [0.717, 1.165) is 5.56 Å². The van der Waals surface area contributed by atoms with Gasteiger partial charge in [-0.1, -0.05) is 24.3 Å². The summed E-state index contributed by atoms with van der Waals surface area (Å²) >= 11 is 0. The molecule has 3 heteroatoms. The molecule has 1 aromatic carbocycles. The molecular weight excluding hydrogens is 162 g/mol. The van der Waals surface area contributed by atoms with Crippen LogP contribution < -0.4 is 0 Å². The van der Waals surface area contributed by atoms with Crippen LogP contribution >= 0.6 is 0 Å². The Morgan fingerprint density at radius 2 is 1.58 bits per heavy atom. The molecule has 1 N–H and O–H groups in total. The molecule has 0 saturated carbocycles.